The zero-order valence-electron chi connectivity index (χ0n) is 10.5. The first-order chi connectivity index (χ1) is 8.49. The van der Waals surface area contributed by atoms with E-state index in [1.165, 1.54) is 0 Å². The van der Waals surface area contributed by atoms with Crippen LogP contribution in [0.15, 0.2) is 18.2 Å². The van der Waals surface area contributed by atoms with E-state index in [-0.39, 0.29) is 0 Å². The normalized spacial score (nSPS) is 12.2. The van der Waals surface area contributed by atoms with Crippen LogP contribution in [0.1, 0.15) is 26.7 Å². The van der Waals surface area contributed by atoms with Crippen LogP contribution in [0, 0.1) is 0 Å². The smallest absolute Gasteiger partial charge is 0.326 e. The van der Waals surface area contributed by atoms with Crippen LogP contribution in [0.3, 0.4) is 0 Å². The van der Waals surface area contributed by atoms with Gasteiger partial charge in [0.05, 0.1) is 0 Å². The van der Waals surface area contributed by atoms with Gasteiger partial charge in [-0.1, -0.05) is 37.0 Å². The van der Waals surface area contributed by atoms with Gasteiger partial charge in [-0.05, 0) is 31.0 Å². The summed E-state index contributed by atoms with van der Waals surface area (Å²) >= 11 is 11.9. The molecule has 0 aliphatic heterocycles. The summed E-state index contributed by atoms with van der Waals surface area (Å²) in [5.74, 6) is -0.831. The standard InChI is InChI=1S/C13H17Cl2NO2/c1-3-5-16(12(4-2)13(17)18)11-7-9(14)6-10(15)8-11/h6-8,12H,3-5H2,1-2H3,(H,17,18)/t12-/m1/s1. The summed E-state index contributed by atoms with van der Waals surface area (Å²) < 4.78 is 0. The maximum atomic E-state index is 11.3. The van der Waals surface area contributed by atoms with E-state index < -0.39 is 12.0 Å². The predicted octanol–water partition coefficient (Wildman–Crippen LogP) is 4.07. The van der Waals surface area contributed by atoms with Crippen LogP contribution in [-0.4, -0.2) is 23.7 Å². The molecule has 1 aromatic carbocycles. The number of anilines is 1. The summed E-state index contributed by atoms with van der Waals surface area (Å²) in [6.45, 7) is 4.52. The Hall–Kier alpha value is -0.930. The number of benzene rings is 1. The highest BCUT2D eigenvalue weighted by molar-refractivity contribution is 6.35. The van der Waals surface area contributed by atoms with Crippen LogP contribution in [0.4, 0.5) is 5.69 Å². The molecule has 0 heterocycles. The molecule has 0 unspecified atom stereocenters. The molecule has 0 aromatic heterocycles. The molecule has 0 saturated heterocycles. The second-order valence-electron chi connectivity index (χ2n) is 4.08. The molecule has 0 spiro atoms. The quantitative estimate of drug-likeness (QED) is 0.858. The molecule has 1 atom stereocenters. The van der Waals surface area contributed by atoms with Crippen LogP contribution in [0.2, 0.25) is 10.0 Å². The Morgan fingerprint density at radius 2 is 1.83 bits per heavy atom. The number of hydrogen-bond acceptors (Lipinski definition) is 2. The number of nitrogens with zero attached hydrogens (tertiary/aromatic N) is 1. The zero-order valence-corrected chi connectivity index (χ0v) is 12.0. The first-order valence-electron chi connectivity index (χ1n) is 5.95. The van der Waals surface area contributed by atoms with Crippen molar-refractivity contribution >= 4 is 34.9 Å². The molecule has 100 valence electrons. The van der Waals surface area contributed by atoms with Crippen molar-refractivity contribution in [3.63, 3.8) is 0 Å². The topological polar surface area (TPSA) is 40.5 Å². The van der Waals surface area contributed by atoms with Gasteiger partial charge in [0, 0.05) is 22.3 Å². The summed E-state index contributed by atoms with van der Waals surface area (Å²) in [5, 5.41) is 10.3. The molecule has 1 rings (SSSR count). The highest BCUT2D eigenvalue weighted by atomic mass is 35.5. The Labute approximate surface area is 117 Å². The van der Waals surface area contributed by atoms with E-state index in [0.717, 1.165) is 12.1 Å². The number of aliphatic carboxylic acids is 1. The third-order valence-corrected chi connectivity index (χ3v) is 3.13. The van der Waals surface area contributed by atoms with Crippen molar-refractivity contribution in [1.82, 2.24) is 0 Å². The minimum atomic E-state index is -0.831. The third kappa shape index (κ3) is 3.79. The van der Waals surface area contributed by atoms with Gasteiger partial charge in [0.1, 0.15) is 6.04 Å². The van der Waals surface area contributed by atoms with Crippen molar-refractivity contribution < 1.29 is 9.90 Å². The maximum Gasteiger partial charge on any atom is 0.326 e. The third-order valence-electron chi connectivity index (χ3n) is 2.69. The Kier molecular flexibility index (Phi) is 5.76. The fourth-order valence-corrected chi connectivity index (χ4v) is 2.45. The van der Waals surface area contributed by atoms with E-state index in [0.29, 0.717) is 23.0 Å². The summed E-state index contributed by atoms with van der Waals surface area (Å²) in [4.78, 5) is 13.1. The predicted molar refractivity (Wildman–Crippen MR) is 75.8 cm³/mol. The average molecular weight is 290 g/mol. The van der Waals surface area contributed by atoms with E-state index in [1.807, 2.05) is 18.7 Å². The lowest BCUT2D eigenvalue weighted by Gasteiger charge is -2.30. The van der Waals surface area contributed by atoms with E-state index in [2.05, 4.69) is 0 Å². The maximum absolute atomic E-state index is 11.3. The minimum absolute atomic E-state index is 0.513. The fourth-order valence-electron chi connectivity index (χ4n) is 1.94. The van der Waals surface area contributed by atoms with Crippen LogP contribution < -0.4 is 4.90 Å². The molecular formula is C13H17Cl2NO2. The molecule has 0 radical (unpaired) electrons. The average Bonchev–Trinajstić information content (AvgIpc) is 2.27. The largest absolute Gasteiger partial charge is 0.480 e. The van der Waals surface area contributed by atoms with E-state index in [4.69, 9.17) is 23.2 Å². The molecule has 18 heavy (non-hydrogen) atoms. The van der Waals surface area contributed by atoms with Gasteiger partial charge < -0.3 is 10.0 Å². The highest BCUT2D eigenvalue weighted by Crippen LogP contribution is 2.27. The first kappa shape index (κ1) is 15.1. The SMILES string of the molecule is CCCN(c1cc(Cl)cc(Cl)c1)[C@H](CC)C(=O)O. The van der Waals surface area contributed by atoms with Gasteiger partial charge in [-0.15, -0.1) is 0 Å². The lowest BCUT2D eigenvalue weighted by Crippen LogP contribution is -2.41. The Balaban J connectivity index is 3.13. The Morgan fingerprint density at radius 1 is 1.28 bits per heavy atom. The number of carbonyl (C=O) groups is 1. The molecule has 0 fully saturated rings. The lowest BCUT2D eigenvalue weighted by atomic mass is 10.1. The number of hydrogen-bond donors (Lipinski definition) is 1. The molecular weight excluding hydrogens is 273 g/mol. The molecule has 3 nitrogen and oxygen atoms in total. The highest BCUT2D eigenvalue weighted by Gasteiger charge is 2.23. The van der Waals surface area contributed by atoms with Crippen molar-refractivity contribution in [3.8, 4) is 0 Å². The van der Waals surface area contributed by atoms with Crippen molar-refractivity contribution in [1.29, 1.82) is 0 Å². The van der Waals surface area contributed by atoms with Gasteiger partial charge in [-0.2, -0.15) is 0 Å². The molecule has 5 heteroatoms. The summed E-state index contributed by atoms with van der Waals surface area (Å²) in [7, 11) is 0. The van der Waals surface area contributed by atoms with Gasteiger partial charge in [-0.25, -0.2) is 4.79 Å². The monoisotopic (exact) mass is 289 g/mol. The molecule has 1 N–H and O–H groups in total. The molecule has 0 bridgehead atoms. The van der Waals surface area contributed by atoms with Gasteiger partial charge in [0.25, 0.3) is 0 Å². The van der Waals surface area contributed by atoms with E-state index in [9.17, 15) is 9.90 Å². The summed E-state index contributed by atoms with van der Waals surface area (Å²) in [5.41, 5.74) is 0.753. The van der Waals surface area contributed by atoms with Gasteiger partial charge in [0.15, 0.2) is 0 Å². The zero-order chi connectivity index (χ0) is 13.7. The summed E-state index contributed by atoms with van der Waals surface area (Å²) in [6, 6.07) is 4.57. The molecule has 0 amide bonds. The van der Waals surface area contributed by atoms with Crippen LogP contribution >= 0.6 is 23.2 Å². The minimum Gasteiger partial charge on any atom is -0.480 e. The molecule has 0 saturated carbocycles. The Bertz CT molecular complexity index is 403. The molecule has 0 aliphatic carbocycles. The number of carboxylic acid groups (broad SMARTS) is 1. The second-order valence-corrected chi connectivity index (χ2v) is 4.96. The van der Waals surface area contributed by atoms with Gasteiger partial charge >= 0.3 is 5.97 Å². The Morgan fingerprint density at radius 3 is 2.22 bits per heavy atom. The fraction of sp³-hybridized carbons (Fsp3) is 0.462. The molecule has 0 aliphatic rings. The van der Waals surface area contributed by atoms with Crippen molar-refractivity contribution in [2.75, 3.05) is 11.4 Å². The lowest BCUT2D eigenvalue weighted by molar-refractivity contribution is -0.138. The van der Waals surface area contributed by atoms with E-state index >= 15 is 0 Å². The second kappa shape index (κ2) is 6.86. The van der Waals surface area contributed by atoms with Gasteiger partial charge in [-0.3, -0.25) is 0 Å². The van der Waals surface area contributed by atoms with E-state index in [1.54, 1.807) is 18.2 Å². The molecule has 1 aromatic rings. The number of halogens is 2. The van der Waals surface area contributed by atoms with Crippen LogP contribution in [0.25, 0.3) is 0 Å². The van der Waals surface area contributed by atoms with Crippen molar-refractivity contribution in [2.24, 2.45) is 0 Å². The van der Waals surface area contributed by atoms with Crippen LogP contribution in [0.5, 0.6) is 0 Å². The summed E-state index contributed by atoms with van der Waals surface area (Å²) in [6.07, 6.45) is 1.38. The van der Waals surface area contributed by atoms with Crippen molar-refractivity contribution in [3.05, 3.63) is 28.2 Å². The van der Waals surface area contributed by atoms with Crippen LogP contribution in [-0.2, 0) is 4.79 Å². The first-order valence-corrected chi connectivity index (χ1v) is 6.70. The van der Waals surface area contributed by atoms with Crippen molar-refractivity contribution in [2.45, 2.75) is 32.7 Å². The number of rotatable bonds is 6. The van der Waals surface area contributed by atoms with Gasteiger partial charge in [0.2, 0.25) is 0 Å². The number of carboxylic acids is 1.